The summed E-state index contributed by atoms with van der Waals surface area (Å²) in [6.07, 6.45) is 11.5. The number of rotatable bonds is 4. The summed E-state index contributed by atoms with van der Waals surface area (Å²) in [4.78, 5) is 18.5. The molecule has 0 radical (unpaired) electrons. The zero-order valence-corrected chi connectivity index (χ0v) is 10.7. The molecule has 1 N–H and O–H groups in total. The summed E-state index contributed by atoms with van der Waals surface area (Å²) in [5.74, 6) is -0.590. The van der Waals surface area contributed by atoms with Gasteiger partial charge in [0.2, 0.25) is 0 Å². The van der Waals surface area contributed by atoms with E-state index < -0.39 is 5.97 Å². The fraction of sp³-hybridized carbons (Fsp3) is 0.286. The van der Waals surface area contributed by atoms with Crippen LogP contribution in [0.3, 0.4) is 0 Å². The Morgan fingerprint density at radius 1 is 1.30 bits per heavy atom. The van der Waals surface area contributed by atoms with E-state index in [-0.39, 0.29) is 5.69 Å². The average molecular weight is 271 g/mol. The van der Waals surface area contributed by atoms with Gasteiger partial charge in [0.1, 0.15) is 6.26 Å². The summed E-state index contributed by atoms with van der Waals surface area (Å²) in [5.41, 5.74) is 2.46. The first-order valence-corrected chi connectivity index (χ1v) is 6.42. The Labute approximate surface area is 115 Å². The highest BCUT2D eigenvalue weighted by Gasteiger charge is 2.24. The highest BCUT2D eigenvalue weighted by molar-refractivity contribution is 5.85. The molecule has 1 aliphatic rings. The second-order valence-electron chi connectivity index (χ2n) is 4.75. The van der Waals surface area contributed by atoms with E-state index in [1.54, 1.807) is 12.3 Å². The van der Waals surface area contributed by atoms with Gasteiger partial charge in [0.15, 0.2) is 5.69 Å². The summed E-state index contributed by atoms with van der Waals surface area (Å²) < 4.78 is 5.03. The molecule has 2 heterocycles. The first kappa shape index (κ1) is 12.5. The van der Waals surface area contributed by atoms with Crippen molar-refractivity contribution in [3.63, 3.8) is 0 Å². The van der Waals surface area contributed by atoms with Gasteiger partial charge < -0.3 is 9.63 Å². The third-order valence-corrected chi connectivity index (χ3v) is 3.44. The predicted octanol–water partition coefficient (Wildman–Crippen LogP) is 2.60. The summed E-state index contributed by atoms with van der Waals surface area (Å²) in [5, 5.41) is 12.8. The van der Waals surface area contributed by atoms with Crippen LogP contribution in [0.1, 0.15) is 52.6 Å². The van der Waals surface area contributed by atoms with Crippen molar-refractivity contribution in [3.05, 3.63) is 41.3 Å². The molecule has 0 atom stereocenters. The van der Waals surface area contributed by atoms with Gasteiger partial charge in [0, 0.05) is 11.5 Å². The number of nitrogens with zero attached hydrogens (tertiary/aromatic N) is 3. The molecule has 0 aliphatic heterocycles. The first-order valence-electron chi connectivity index (χ1n) is 6.42. The zero-order valence-electron chi connectivity index (χ0n) is 10.7. The van der Waals surface area contributed by atoms with Crippen LogP contribution in [-0.2, 0) is 0 Å². The van der Waals surface area contributed by atoms with Crippen LogP contribution in [0.25, 0.3) is 12.2 Å². The Morgan fingerprint density at radius 3 is 2.75 bits per heavy atom. The number of carboxylic acid groups (broad SMARTS) is 1. The van der Waals surface area contributed by atoms with Crippen LogP contribution < -0.4 is 0 Å². The monoisotopic (exact) mass is 271 g/mol. The number of carboxylic acids is 1. The molecule has 2 aromatic rings. The minimum atomic E-state index is -1.08. The van der Waals surface area contributed by atoms with Gasteiger partial charge in [-0.05, 0) is 25.0 Å². The van der Waals surface area contributed by atoms with Crippen molar-refractivity contribution < 1.29 is 14.4 Å². The van der Waals surface area contributed by atoms with Gasteiger partial charge in [-0.2, -0.15) is 0 Å². The Bertz CT molecular complexity index is 642. The second kappa shape index (κ2) is 5.24. The van der Waals surface area contributed by atoms with Crippen molar-refractivity contribution in [1.29, 1.82) is 0 Å². The van der Waals surface area contributed by atoms with E-state index in [1.807, 2.05) is 6.08 Å². The first-order chi connectivity index (χ1) is 9.74. The lowest BCUT2D eigenvalue weighted by molar-refractivity contribution is 0.0690. The fourth-order valence-electron chi connectivity index (χ4n) is 2.08. The van der Waals surface area contributed by atoms with Gasteiger partial charge in [-0.25, -0.2) is 9.78 Å². The molecule has 0 saturated heterocycles. The van der Waals surface area contributed by atoms with E-state index in [9.17, 15) is 4.79 Å². The van der Waals surface area contributed by atoms with Crippen molar-refractivity contribution in [2.45, 2.75) is 25.2 Å². The smallest absolute Gasteiger partial charge is 0.356 e. The van der Waals surface area contributed by atoms with Gasteiger partial charge in [0.25, 0.3) is 0 Å². The van der Waals surface area contributed by atoms with Crippen LogP contribution in [0.4, 0.5) is 0 Å². The molecule has 1 aliphatic carbocycles. The van der Waals surface area contributed by atoms with E-state index in [1.165, 1.54) is 18.8 Å². The number of carbonyl (C=O) groups is 1. The number of hydrogen-bond donors (Lipinski definition) is 1. The van der Waals surface area contributed by atoms with Crippen LogP contribution in [0, 0.1) is 0 Å². The molecule has 6 nitrogen and oxygen atoms in total. The zero-order chi connectivity index (χ0) is 13.9. The van der Waals surface area contributed by atoms with Crippen molar-refractivity contribution in [2.24, 2.45) is 0 Å². The van der Waals surface area contributed by atoms with Gasteiger partial charge in [-0.1, -0.05) is 11.6 Å². The third kappa shape index (κ3) is 2.45. The number of aromatic nitrogens is 3. The highest BCUT2D eigenvalue weighted by atomic mass is 16.5. The van der Waals surface area contributed by atoms with Crippen LogP contribution in [0.15, 0.2) is 23.2 Å². The topological polar surface area (TPSA) is 89.1 Å². The second-order valence-corrected chi connectivity index (χ2v) is 4.75. The van der Waals surface area contributed by atoms with Crippen molar-refractivity contribution in [1.82, 2.24) is 15.1 Å². The van der Waals surface area contributed by atoms with Crippen molar-refractivity contribution >= 4 is 18.1 Å². The van der Waals surface area contributed by atoms with E-state index in [2.05, 4.69) is 15.1 Å². The molecule has 0 amide bonds. The Hall–Kier alpha value is -2.50. The van der Waals surface area contributed by atoms with Crippen LogP contribution in [-0.4, -0.2) is 26.2 Å². The molecular formula is C14H13N3O3. The summed E-state index contributed by atoms with van der Waals surface area (Å²) in [6.45, 7) is 0. The summed E-state index contributed by atoms with van der Waals surface area (Å²) in [7, 11) is 0. The van der Waals surface area contributed by atoms with Gasteiger partial charge in [0.05, 0.1) is 23.8 Å². The summed E-state index contributed by atoms with van der Waals surface area (Å²) in [6, 6.07) is 0. The largest absolute Gasteiger partial charge is 0.476 e. The summed E-state index contributed by atoms with van der Waals surface area (Å²) >= 11 is 0. The lowest BCUT2D eigenvalue weighted by Gasteiger charge is -2.23. The molecule has 1 fully saturated rings. The molecule has 2 aromatic heterocycles. The van der Waals surface area contributed by atoms with Gasteiger partial charge >= 0.3 is 5.97 Å². The van der Waals surface area contributed by atoms with Gasteiger partial charge in [-0.15, -0.1) is 0 Å². The van der Waals surface area contributed by atoms with Crippen LogP contribution >= 0.6 is 0 Å². The molecular weight excluding hydrogens is 258 g/mol. The standard InChI is InChI=1S/C14H13N3O3/c18-14(19)12-7-15-11(6-16-12)5-4-10-8-20-17-13(10)9-2-1-3-9/h4-9H,1-3H2,(H,18,19)/b5-4+. The molecule has 6 heteroatoms. The molecule has 20 heavy (non-hydrogen) atoms. The van der Waals surface area contributed by atoms with E-state index in [0.29, 0.717) is 11.6 Å². The number of aromatic carboxylic acids is 1. The minimum Gasteiger partial charge on any atom is -0.476 e. The number of hydrogen-bond acceptors (Lipinski definition) is 5. The molecule has 0 spiro atoms. The Balaban J connectivity index is 1.76. The highest BCUT2D eigenvalue weighted by Crippen LogP contribution is 2.37. The average Bonchev–Trinajstić information content (AvgIpc) is 2.83. The molecule has 0 unspecified atom stereocenters. The normalized spacial score (nSPS) is 15.4. The Morgan fingerprint density at radius 2 is 2.15 bits per heavy atom. The maximum atomic E-state index is 10.7. The maximum Gasteiger partial charge on any atom is 0.356 e. The Kier molecular flexibility index (Phi) is 3.28. The maximum absolute atomic E-state index is 10.7. The quantitative estimate of drug-likeness (QED) is 0.919. The van der Waals surface area contributed by atoms with Crippen molar-refractivity contribution in [2.75, 3.05) is 0 Å². The molecule has 0 aromatic carbocycles. The lowest BCUT2D eigenvalue weighted by atomic mass is 9.81. The van der Waals surface area contributed by atoms with E-state index in [0.717, 1.165) is 24.1 Å². The van der Waals surface area contributed by atoms with Crippen LogP contribution in [0.5, 0.6) is 0 Å². The molecule has 0 bridgehead atoms. The minimum absolute atomic E-state index is 0.0673. The fourth-order valence-corrected chi connectivity index (χ4v) is 2.08. The predicted molar refractivity (Wildman–Crippen MR) is 71.0 cm³/mol. The third-order valence-electron chi connectivity index (χ3n) is 3.44. The van der Waals surface area contributed by atoms with Gasteiger partial charge in [-0.3, -0.25) is 4.98 Å². The molecule has 3 rings (SSSR count). The van der Waals surface area contributed by atoms with Crippen LogP contribution in [0.2, 0.25) is 0 Å². The SMILES string of the molecule is O=C(O)c1cnc(/C=C/c2conc2C2CCC2)cn1. The van der Waals surface area contributed by atoms with E-state index >= 15 is 0 Å². The molecule has 102 valence electrons. The lowest BCUT2D eigenvalue weighted by Crippen LogP contribution is -2.10. The van der Waals surface area contributed by atoms with E-state index in [4.69, 9.17) is 9.63 Å². The van der Waals surface area contributed by atoms with Crippen molar-refractivity contribution in [3.8, 4) is 0 Å². The molecule has 1 saturated carbocycles.